The first kappa shape index (κ1) is 16.0. The SMILES string of the molecule is Cc1cccc2c1[C@H](C)C[C@@H]2NC[C@@H]1CCN(S(C)(=O)=O)C1. The van der Waals surface area contributed by atoms with E-state index in [9.17, 15) is 8.42 Å². The van der Waals surface area contributed by atoms with E-state index in [2.05, 4.69) is 37.4 Å². The van der Waals surface area contributed by atoms with Gasteiger partial charge in [-0.3, -0.25) is 0 Å². The van der Waals surface area contributed by atoms with Crippen molar-refractivity contribution in [2.45, 2.75) is 38.6 Å². The van der Waals surface area contributed by atoms with Gasteiger partial charge in [-0.15, -0.1) is 0 Å². The molecule has 2 aliphatic rings. The molecule has 3 rings (SSSR count). The van der Waals surface area contributed by atoms with Crippen LogP contribution in [0.25, 0.3) is 0 Å². The molecule has 5 heteroatoms. The Morgan fingerprint density at radius 1 is 1.36 bits per heavy atom. The van der Waals surface area contributed by atoms with Crippen LogP contribution in [0.4, 0.5) is 0 Å². The van der Waals surface area contributed by atoms with Gasteiger partial charge in [0.05, 0.1) is 6.26 Å². The second-order valence-corrected chi connectivity index (χ2v) is 8.93. The summed E-state index contributed by atoms with van der Waals surface area (Å²) < 4.78 is 24.8. The summed E-state index contributed by atoms with van der Waals surface area (Å²) in [5.41, 5.74) is 4.33. The third-order valence-corrected chi connectivity index (χ3v) is 6.46. The summed E-state index contributed by atoms with van der Waals surface area (Å²) in [5, 5.41) is 3.69. The van der Waals surface area contributed by atoms with Crippen molar-refractivity contribution >= 4 is 10.0 Å². The number of nitrogens with one attached hydrogen (secondary N) is 1. The average molecular weight is 322 g/mol. The van der Waals surface area contributed by atoms with E-state index >= 15 is 0 Å². The first-order chi connectivity index (χ1) is 10.4. The molecule has 0 unspecified atom stereocenters. The van der Waals surface area contributed by atoms with Crippen molar-refractivity contribution < 1.29 is 8.42 Å². The van der Waals surface area contributed by atoms with E-state index in [4.69, 9.17) is 0 Å². The second-order valence-electron chi connectivity index (χ2n) is 6.95. The summed E-state index contributed by atoms with van der Waals surface area (Å²) in [6, 6.07) is 6.98. The lowest BCUT2D eigenvalue weighted by Crippen LogP contribution is -2.31. The van der Waals surface area contributed by atoms with Gasteiger partial charge in [-0.1, -0.05) is 25.1 Å². The van der Waals surface area contributed by atoms with Crippen molar-refractivity contribution in [1.29, 1.82) is 0 Å². The maximum atomic E-state index is 11.6. The standard InChI is InChI=1S/C17H26N2O2S/c1-12-5-4-6-15-16(9-13(2)17(12)15)18-10-14-7-8-19(11-14)22(3,20)21/h4-6,13-14,16,18H,7-11H2,1-3H3/t13-,14+,16+/m1/s1. The molecule has 0 spiro atoms. The van der Waals surface area contributed by atoms with Crippen molar-refractivity contribution in [1.82, 2.24) is 9.62 Å². The fourth-order valence-electron chi connectivity index (χ4n) is 4.05. The van der Waals surface area contributed by atoms with Gasteiger partial charge in [0.25, 0.3) is 0 Å². The molecule has 1 aromatic rings. The van der Waals surface area contributed by atoms with Gasteiger partial charge in [-0.05, 0) is 54.8 Å². The normalized spacial score (nSPS) is 29.0. The van der Waals surface area contributed by atoms with Gasteiger partial charge in [0.2, 0.25) is 10.0 Å². The van der Waals surface area contributed by atoms with Gasteiger partial charge in [0, 0.05) is 19.1 Å². The van der Waals surface area contributed by atoms with E-state index < -0.39 is 10.0 Å². The predicted octanol–water partition coefficient (Wildman–Crippen LogP) is 2.41. The molecule has 0 amide bonds. The van der Waals surface area contributed by atoms with Gasteiger partial charge in [-0.25, -0.2) is 12.7 Å². The summed E-state index contributed by atoms with van der Waals surface area (Å²) in [5.74, 6) is 1.03. The first-order valence-corrected chi connectivity index (χ1v) is 9.99. The van der Waals surface area contributed by atoms with Gasteiger partial charge in [0.1, 0.15) is 0 Å². The van der Waals surface area contributed by atoms with Crippen LogP contribution >= 0.6 is 0 Å². The zero-order valence-corrected chi connectivity index (χ0v) is 14.5. The number of benzene rings is 1. The minimum absolute atomic E-state index is 0.414. The van der Waals surface area contributed by atoms with Gasteiger partial charge >= 0.3 is 0 Å². The van der Waals surface area contributed by atoms with Gasteiger partial charge < -0.3 is 5.32 Å². The lowest BCUT2D eigenvalue weighted by atomic mass is 9.98. The Morgan fingerprint density at radius 3 is 2.82 bits per heavy atom. The van der Waals surface area contributed by atoms with Crippen LogP contribution in [-0.4, -0.2) is 38.6 Å². The Kier molecular flexibility index (Phi) is 4.32. The quantitative estimate of drug-likeness (QED) is 0.926. The van der Waals surface area contributed by atoms with E-state index in [1.165, 1.54) is 22.9 Å². The predicted molar refractivity (Wildman–Crippen MR) is 89.5 cm³/mol. The third kappa shape index (κ3) is 3.07. The molecule has 0 saturated carbocycles. The third-order valence-electron chi connectivity index (χ3n) is 5.19. The highest BCUT2D eigenvalue weighted by Gasteiger charge is 2.32. The molecule has 122 valence electrons. The summed E-state index contributed by atoms with van der Waals surface area (Å²) in [7, 11) is -3.03. The number of fused-ring (bicyclic) bond motifs is 1. The lowest BCUT2D eigenvalue weighted by Gasteiger charge is -2.18. The maximum absolute atomic E-state index is 11.6. The lowest BCUT2D eigenvalue weighted by molar-refractivity contribution is 0.417. The van der Waals surface area contributed by atoms with Crippen LogP contribution in [0.3, 0.4) is 0 Å². The smallest absolute Gasteiger partial charge is 0.211 e. The van der Waals surface area contributed by atoms with E-state index in [1.807, 2.05) is 0 Å². The molecule has 1 aromatic carbocycles. The van der Waals surface area contributed by atoms with Crippen LogP contribution in [-0.2, 0) is 10.0 Å². The zero-order valence-electron chi connectivity index (χ0n) is 13.7. The van der Waals surface area contributed by atoms with Crippen LogP contribution in [0, 0.1) is 12.8 Å². The van der Waals surface area contributed by atoms with E-state index in [-0.39, 0.29) is 0 Å². The largest absolute Gasteiger partial charge is 0.310 e. The van der Waals surface area contributed by atoms with Crippen LogP contribution in [0.5, 0.6) is 0 Å². The number of nitrogens with zero attached hydrogens (tertiary/aromatic N) is 1. The molecule has 0 aromatic heterocycles. The Bertz CT molecular complexity index is 657. The molecule has 0 bridgehead atoms. The Hall–Kier alpha value is -0.910. The number of rotatable bonds is 4. The fraction of sp³-hybridized carbons (Fsp3) is 0.647. The van der Waals surface area contributed by atoms with Crippen molar-refractivity contribution in [3.8, 4) is 0 Å². The highest BCUT2D eigenvalue weighted by atomic mass is 32.2. The number of hydrogen-bond acceptors (Lipinski definition) is 3. The molecule has 3 atom stereocenters. The maximum Gasteiger partial charge on any atom is 0.211 e. The Balaban J connectivity index is 1.62. The van der Waals surface area contributed by atoms with Crippen molar-refractivity contribution in [3.63, 3.8) is 0 Å². The van der Waals surface area contributed by atoms with E-state index in [0.29, 0.717) is 31.0 Å². The van der Waals surface area contributed by atoms with Crippen LogP contribution in [0.15, 0.2) is 18.2 Å². The molecular formula is C17H26N2O2S. The molecule has 1 aliphatic carbocycles. The van der Waals surface area contributed by atoms with E-state index in [0.717, 1.165) is 19.4 Å². The molecule has 0 radical (unpaired) electrons. The molecule has 1 fully saturated rings. The number of aryl methyl sites for hydroxylation is 1. The van der Waals surface area contributed by atoms with Crippen LogP contribution in [0.1, 0.15) is 48.4 Å². The summed E-state index contributed by atoms with van der Waals surface area (Å²) in [6.45, 7) is 6.72. The van der Waals surface area contributed by atoms with Crippen LogP contribution < -0.4 is 5.32 Å². The Labute approximate surface area is 134 Å². The molecule has 4 nitrogen and oxygen atoms in total. The van der Waals surface area contributed by atoms with Crippen molar-refractivity contribution in [3.05, 3.63) is 34.9 Å². The van der Waals surface area contributed by atoms with E-state index in [1.54, 1.807) is 4.31 Å². The minimum Gasteiger partial charge on any atom is -0.310 e. The fourth-order valence-corrected chi connectivity index (χ4v) is 4.96. The monoisotopic (exact) mass is 322 g/mol. The summed E-state index contributed by atoms with van der Waals surface area (Å²) in [6.07, 6.45) is 3.41. The molecule has 22 heavy (non-hydrogen) atoms. The minimum atomic E-state index is -3.03. The molecule has 1 N–H and O–H groups in total. The summed E-state index contributed by atoms with van der Waals surface area (Å²) in [4.78, 5) is 0. The van der Waals surface area contributed by atoms with Crippen molar-refractivity contribution in [2.75, 3.05) is 25.9 Å². The van der Waals surface area contributed by atoms with Crippen LogP contribution in [0.2, 0.25) is 0 Å². The summed E-state index contributed by atoms with van der Waals surface area (Å²) >= 11 is 0. The number of sulfonamides is 1. The first-order valence-electron chi connectivity index (χ1n) is 8.14. The molecule has 1 heterocycles. The topological polar surface area (TPSA) is 49.4 Å². The second kappa shape index (κ2) is 5.95. The van der Waals surface area contributed by atoms with Gasteiger partial charge in [0.15, 0.2) is 0 Å². The average Bonchev–Trinajstić information content (AvgIpc) is 3.02. The molecular weight excluding hydrogens is 296 g/mol. The Morgan fingerprint density at radius 2 is 2.14 bits per heavy atom. The zero-order chi connectivity index (χ0) is 15.9. The highest BCUT2D eigenvalue weighted by Crippen LogP contribution is 2.41. The van der Waals surface area contributed by atoms with Gasteiger partial charge in [-0.2, -0.15) is 0 Å². The number of hydrogen-bond donors (Lipinski definition) is 1. The highest BCUT2D eigenvalue weighted by molar-refractivity contribution is 7.88. The van der Waals surface area contributed by atoms with Crippen molar-refractivity contribution in [2.24, 2.45) is 5.92 Å². The molecule has 1 aliphatic heterocycles. The molecule has 1 saturated heterocycles.